The Morgan fingerprint density at radius 1 is 1.69 bits per heavy atom. The van der Waals surface area contributed by atoms with Gasteiger partial charge in [0.25, 0.3) is 0 Å². The number of carboxylic acid groups (broad SMARTS) is 1. The maximum Gasteiger partial charge on any atom is 0.331 e. The number of rotatable bonds is 2. The molecule has 0 saturated carbocycles. The summed E-state index contributed by atoms with van der Waals surface area (Å²) < 4.78 is 2.26. The molecule has 1 aromatic rings. The lowest BCUT2D eigenvalue weighted by molar-refractivity contribution is -0.146. The summed E-state index contributed by atoms with van der Waals surface area (Å²) in [6.07, 6.45) is 1.67. The van der Waals surface area contributed by atoms with Gasteiger partial charge in [0.2, 0.25) is 0 Å². The van der Waals surface area contributed by atoms with Gasteiger partial charge in [0.1, 0.15) is 0 Å². The largest absolute Gasteiger partial charge is 0.479 e. The summed E-state index contributed by atoms with van der Waals surface area (Å²) in [4.78, 5) is 10.9. The predicted molar refractivity (Wildman–Crippen MR) is 51.6 cm³/mol. The molecule has 1 heterocycles. The van der Waals surface area contributed by atoms with E-state index in [0.717, 1.165) is 10.2 Å². The van der Waals surface area contributed by atoms with Crippen LogP contribution >= 0.6 is 15.9 Å². The van der Waals surface area contributed by atoms with Crippen molar-refractivity contribution in [2.45, 2.75) is 26.3 Å². The monoisotopic (exact) mass is 246 g/mol. The zero-order valence-electron chi connectivity index (χ0n) is 7.71. The van der Waals surface area contributed by atoms with Crippen LogP contribution in [0.5, 0.6) is 0 Å². The van der Waals surface area contributed by atoms with Crippen LogP contribution in [-0.4, -0.2) is 20.9 Å². The van der Waals surface area contributed by atoms with Crippen LogP contribution < -0.4 is 0 Å². The molecule has 0 aromatic carbocycles. The molecule has 0 unspecified atom stereocenters. The van der Waals surface area contributed by atoms with Gasteiger partial charge in [-0.3, -0.25) is 4.68 Å². The lowest BCUT2D eigenvalue weighted by Crippen LogP contribution is -2.36. The van der Waals surface area contributed by atoms with Gasteiger partial charge in [-0.1, -0.05) is 0 Å². The molecule has 0 bridgehead atoms. The van der Waals surface area contributed by atoms with Gasteiger partial charge in [-0.2, -0.15) is 5.10 Å². The van der Waals surface area contributed by atoms with Gasteiger partial charge in [-0.05, 0) is 36.7 Å². The molecule has 0 aliphatic carbocycles. The topological polar surface area (TPSA) is 55.1 Å². The van der Waals surface area contributed by atoms with Gasteiger partial charge < -0.3 is 5.11 Å². The van der Waals surface area contributed by atoms with Crippen molar-refractivity contribution in [2.24, 2.45) is 0 Å². The molecule has 0 radical (unpaired) electrons. The average molecular weight is 247 g/mol. The first kappa shape index (κ1) is 10.2. The van der Waals surface area contributed by atoms with Crippen molar-refractivity contribution in [3.8, 4) is 0 Å². The molecular weight excluding hydrogens is 236 g/mol. The van der Waals surface area contributed by atoms with Crippen molar-refractivity contribution >= 4 is 21.9 Å². The van der Waals surface area contributed by atoms with Crippen LogP contribution in [0.3, 0.4) is 0 Å². The second-order valence-corrected chi connectivity index (χ2v) is 4.23. The van der Waals surface area contributed by atoms with E-state index < -0.39 is 11.5 Å². The van der Waals surface area contributed by atoms with Crippen molar-refractivity contribution in [1.82, 2.24) is 9.78 Å². The molecule has 1 rings (SSSR count). The molecule has 0 saturated heterocycles. The molecule has 5 heteroatoms. The van der Waals surface area contributed by atoms with E-state index in [1.807, 2.05) is 6.92 Å². The fourth-order valence-electron chi connectivity index (χ4n) is 0.823. The molecule has 0 amide bonds. The predicted octanol–water partition coefficient (Wildman–Crippen LogP) is 1.77. The Morgan fingerprint density at radius 3 is 2.54 bits per heavy atom. The number of carbonyl (C=O) groups is 1. The Kier molecular flexibility index (Phi) is 2.47. The van der Waals surface area contributed by atoms with Gasteiger partial charge in [-0.25, -0.2) is 4.79 Å². The number of aliphatic carboxylic acids is 1. The summed E-state index contributed by atoms with van der Waals surface area (Å²) >= 11 is 3.28. The Bertz CT molecular complexity index is 324. The van der Waals surface area contributed by atoms with Gasteiger partial charge >= 0.3 is 5.97 Å². The molecule has 0 atom stereocenters. The average Bonchev–Trinajstić information content (AvgIpc) is 2.32. The number of hydrogen-bond donors (Lipinski definition) is 1. The number of hydrogen-bond acceptors (Lipinski definition) is 2. The number of aromatic nitrogens is 2. The number of nitrogens with zero attached hydrogens (tertiary/aromatic N) is 2. The van der Waals surface area contributed by atoms with Crippen LogP contribution in [0.2, 0.25) is 0 Å². The summed E-state index contributed by atoms with van der Waals surface area (Å²) in [5, 5.41) is 13.0. The molecule has 72 valence electrons. The second-order valence-electron chi connectivity index (χ2n) is 3.37. The number of aryl methyl sites for hydroxylation is 1. The number of carboxylic acids is 1. The summed E-state index contributed by atoms with van der Waals surface area (Å²) in [5.41, 5.74) is -0.217. The van der Waals surface area contributed by atoms with Gasteiger partial charge in [0.05, 0.1) is 10.2 Å². The van der Waals surface area contributed by atoms with Gasteiger partial charge in [0, 0.05) is 6.20 Å². The first-order valence-corrected chi connectivity index (χ1v) is 4.60. The molecule has 0 aliphatic heterocycles. The molecule has 13 heavy (non-hydrogen) atoms. The van der Waals surface area contributed by atoms with Crippen LogP contribution in [0.25, 0.3) is 0 Å². The van der Waals surface area contributed by atoms with E-state index in [1.54, 1.807) is 20.0 Å². The maximum atomic E-state index is 10.9. The Balaban J connectivity index is 3.15. The van der Waals surface area contributed by atoms with E-state index in [1.165, 1.54) is 4.68 Å². The summed E-state index contributed by atoms with van der Waals surface area (Å²) in [7, 11) is 0. The Labute approximate surface area is 84.7 Å². The first-order chi connectivity index (χ1) is 5.85. The van der Waals surface area contributed by atoms with Crippen LogP contribution in [0.15, 0.2) is 10.7 Å². The Morgan fingerprint density at radius 2 is 2.23 bits per heavy atom. The van der Waals surface area contributed by atoms with E-state index in [0.29, 0.717) is 0 Å². The third kappa shape index (κ3) is 1.75. The van der Waals surface area contributed by atoms with Crippen molar-refractivity contribution in [3.05, 3.63) is 16.4 Å². The summed E-state index contributed by atoms with van der Waals surface area (Å²) in [6.45, 7) is 5.03. The van der Waals surface area contributed by atoms with Crippen molar-refractivity contribution in [1.29, 1.82) is 0 Å². The van der Waals surface area contributed by atoms with Crippen LogP contribution in [0.1, 0.15) is 19.5 Å². The molecule has 1 N–H and O–H groups in total. The van der Waals surface area contributed by atoms with E-state index in [9.17, 15) is 4.79 Å². The normalized spacial score (nSPS) is 11.7. The van der Waals surface area contributed by atoms with Gasteiger partial charge in [0.15, 0.2) is 5.54 Å². The molecule has 0 fully saturated rings. The highest BCUT2D eigenvalue weighted by molar-refractivity contribution is 9.10. The third-order valence-electron chi connectivity index (χ3n) is 1.94. The third-order valence-corrected chi connectivity index (χ3v) is 2.71. The second kappa shape index (κ2) is 3.14. The highest BCUT2D eigenvalue weighted by Crippen LogP contribution is 2.20. The highest BCUT2D eigenvalue weighted by Gasteiger charge is 2.30. The highest BCUT2D eigenvalue weighted by atomic mass is 79.9. The van der Waals surface area contributed by atoms with E-state index >= 15 is 0 Å². The minimum absolute atomic E-state index is 0.786. The van der Waals surface area contributed by atoms with Crippen LogP contribution in [-0.2, 0) is 10.3 Å². The van der Waals surface area contributed by atoms with E-state index in [-0.39, 0.29) is 0 Å². The molecule has 4 nitrogen and oxygen atoms in total. The zero-order valence-corrected chi connectivity index (χ0v) is 9.29. The van der Waals surface area contributed by atoms with Crippen LogP contribution in [0, 0.1) is 6.92 Å². The van der Waals surface area contributed by atoms with Crippen LogP contribution in [0.4, 0.5) is 0 Å². The van der Waals surface area contributed by atoms with Gasteiger partial charge in [-0.15, -0.1) is 0 Å². The Hall–Kier alpha value is -0.840. The lowest BCUT2D eigenvalue weighted by Gasteiger charge is -2.19. The lowest BCUT2D eigenvalue weighted by atomic mass is 10.1. The van der Waals surface area contributed by atoms with E-state index in [2.05, 4.69) is 21.0 Å². The van der Waals surface area contributed by atoms with Crippen molar-refractivity contribution in [3.63, 3.8) is 0 Å². The maximum absolute atomic E-state index is 10.9. The quantitative estimate of drug-likeness (QED) is 0.866. The summed E-state index contributed by atoms with van der Waals surface area (Å²) in [6, 6.07) is 0. The molecular formula is C8H11BrN2O2. The zero-order chi connectivity index (χ0) is 10.2. The molecule has 1 aromatic heterocycles. The number of halogens is 1. The first-order valence-electron chi connectivity index (χ1n) is 3.81. The molecule has 0 spiro atoms. The summed E-state index contributed by atoms with van der Waals surface area (Å²) in [5.74, 6) is -0.900. The minimum atomic E-state index is -1.00. The molecule has 0 aliphatic rings. The standard InChI is InChI=1S/C8H11BrN2O2/c1-5-6(9)4-11(10-5)8(2,3)7(12)13/h4H,1-3H3,(H,12,13). The van der Waals surface area contributed by atoms with E-state index in [4.69, 9.17) is 5.11 Å². The van der Waals surface area contributed by atoms with Crippen molar-refractivity contribution < 1.29 is 9.90 Å². The fraction of sp³-hybridized carbons (Fsp3) is 0.500. The smallest absolute Gasteiger partial charge is 0.331 e. The fourth-order valence-corrected chi connectivity index (χ4v) is 1.10. The van der Waals surface area contributed by atoms with Crippen molar-refractivity contribution in [2.75, 3.05) is 0 Å². The SMILES string of the molecule is Cc1nn(C(C)(C)C(=O)O)cc1Br. The minimum Gasteiger partial charge on any atom is -0.479 e.